The Labute approximate surface area is 378 Å². The van der Waals surface area contributed by atoms with E-state index in [0.717, 1.165) is 31.3 Å². The van der Waals surface area contributed by atoms with E-state index in [2.05, 4.69) is 23.8 Å². The first-order valence-electron chi connectivity index (χ1n) is 21.9. The molecule has 3 aromatic rings. The molecule has 0 aromatic heterocycles. The maximum Gasteiger partial charge on any atom is 0.407 e. The topological polar surface area (TPSA) is 168 Å². The largest absolute Gasteiger partial charge is 0.491 e. The van der Waals surface area contributed by atoms with Crippen LogP contribution in [-0.4, -0.2) is 116 Å². The number of unbranched alkanes of at least 4 members (excludes halogenated alkanes) is 4. The monoisotopic (exact) mass is 892 g/mol. The number of esters is 1. The maximum absolute atomic E-state index is 12.6. The van der Waals surface area contributed by atoms with Crippen molar-refractivity contribution in [2.75, 3.05) is 79.2 Å². The zero-order valence-electron chi connectivity index (χ0n) is 37.8. The average Bonchev–Trinajstić information content (AvgIpc) is 3.29. The molecule has 0 spiro atoms. The van der Waals surface area contributed by atoms with E-state index in [1.54, 1.807) is 31.2 Å². The van der Waals surface area contributed by atoms with Crippen molar-refractivity contribution in [1.29, 1.82) is 0 Å². The summed E-state index contributed by atoms with van der Waals surface area (Å²) in [6, 6.07) is 25.7. The zero-order chi connectivity index (χ0) is 46.0. The van der Waals surface area contributed by atoms with Crippen molar-refractivity contribution in [3.63, 3.8) is 0 Å². The van der Waals surface area contributed by atoms with E-state index in [-0.39, 0.29) is 59.0 Å². The van der Waals surface area contributed by atoms with Crippen molar-refractivity contribution in [3.8, 4) is 23.0 Å². The smallest absolute Gasteiger partial charge is 0.407 e. The van der Waals surface area contributed by atoms with Gasteiger partial charge in [-0.15, -0.1) is 0 Å². The minimum absolute atomic E-state index is 0.0383. The first-order valence-corrected chi connectivity index (χ1v) is 21.9. The van der Waals surface area contributed by atoms with E-state index >= 15 is 0 Å². The van der Waals surface area contributed by atoms with Crippen molar-refractivity contribution in [2.45, 2.75) is 77.6 Å². The van der Waals surface area contributed by atoms with Gasteiger partial charge in [-0.25, -0.2) is 14.4 Å². The quantitative estimate of drug-likeness (QED) is 0.0191. The SMILES string of the molecule is C=C(C)C(=O)OCCCCCNC(=O)OC(COCCOc1ccc(OCCOCC(COc2ccccc2)OC(=O)NCCCCCOC(C)C(=C)C)cc1)COc1ccccc1. The van der Waals surface area contributed by atoms with Crippen molar-refractivity contribution in [2.24, 2.45) is 0 Å². The normalized spacial score (nSPS) is 12.2. The molecule has 0 radical (unpaired) electrons. The number of hydrogen-bond acceptors (Lipinski definition) is 13. The van der Waals surface area contributed by atoms with Crippen molar-refractivity contribution in [3.05, 3.63) is 109 Å². The van der Waals surface area contributed by atoms with Crippen LogP contribution in [0.3, 0.4) is 0 Å². The Kier molecular flexibility index (Phi) is 27.0. The average molecular weight is 893 g/mol. The molecule has 0 aliphatic carbocycles. The lowest BCUT2D eigenvalue weighted by Gasteiger charge is -2.19. The fraction of sp³-hybridized carbons (Fsp3) is 0.490. The molecule has 64 heavy (non-hydrogen) atoms. The molecule has 3 rings (SSSR count). The summed E-state index contributed by atoms with van der Waals surface area (Å²) >= 11 is 0. The van der Waals surface area contributed by atoms with Crippen LogP contribution in [0, 0.1) is 0 Å². The van der Waals surface area contributed by atoms with Gasteiger partial charge in [0.2, 0.25) is 0 Å². The minimum Gasteiger partial charge on any atom is -0.491 e. The second-order valence-corrected chi connectivity index (χ2v) is 14.9. The molecular weight excluding hydrogens is 825 g/mol. The molecule has 2 amide bonds. The van der Waals surface area contributed by atoms with Gasteiger partial charge >= 0.3 is 18.2 Å². The molecule has 0 aliphatic heterocycles. The maximum atomic E-state index is 12.6. The number of benzene rings is 3. The van der Waals surface area contributed by atoms with Gasteiger partial charge in [0.15, 0.2) is 12.2 Å². The Hall–Kier alpha value is -5.77. The van der Waals surface area contributed by atoms with Crippen LogP contribution in [0.2, 0.25) is 0 Å². The Balaban J connectivity index is 1.31. The molecule has 0 saturated carbocycles. The highest BCUT2D eigenvalue weighted by molar-refractivity contribution is 5.86. The van der Waals surface area contributed by atoms with Crippen LogP contribution in [0.4, 0.5) is 9.59 Å². The summed E-state index contributed by atoms with van der Waals surface area (Å²) in [6.45, 7) is 16.3. The lowest BCUT2D eigenvalue weighted by atomic mass is 10.2. The number of rotatable bonds is 35. The molecule has 15 heteroatoms. The number of alkyl carbamates (subject to hydrolysis) is 2. The molecular formula is C49H68N2O13. The fourth-order valence-electron chi connectivity index (χ4n) is 5.41. The van der Waals surface area contributed by atoms with Gasteiger partial charge in [0, 0.05) is 25.3 Å². The first-order chi connectivity index (χ1) is 31.1. The number of ether oxygens (including phenoxy) is 10. The number of hydrogen-bond donors (Lipinski definition) is 2. The van der Waals surface area contributed by atoms with Crippen LogP contribution < -0.4 is 29.6 Å². The Bertz CT molecular complexity index is 1740. The van der Waals surface area contributed by atoms with E-state index in [1.165, 1.54) is 0 Å². The molecule has 2 N–H and O–H groups in total. The summed E-state index contributed by atoms with van der Waals surface area (Å²) < 4.78 is 57.0. The Morgan fingerprint density at radius 2 is 0.953 bits per heavy atom. The minimum atomic E-state index is -0.671. The van der Waals surface area contributed by atoms with Gasteiger partial charge in [-0.1, -0.05) is 55.1 Å². The molecule has 3 atom stereocenters. The third-order valence-electron chi connectivity index (χ3n) is 9.15. The summed E-state index contributed by atoms with van der Waals surface area (Å²) in [5.41, 5.74) is 1.36. The highest BCUT2D eigenvalue weighted by Crippen LogP contribution is 2.18. The van der Waals surface area contributed by atoms with Crippen LogP contribution in [0.25, 0.3) is 0 Å². The summed E-state index contributed by atoms with van der Waals surface area (Å²) in [7, 11) is 0. The van der Waals surface area contributed by atoms with Gasteiger partial charge in [-0.05, 0) is 108 Å². The van der Waals surface area contributed by atoms with E-state index in [4.69, 9.17) is 47.4 Å². The van der Waals surface area contributed by atoms with Crippen molar-refractivity contribution >= 4 is 18.2 Å². The molecule has 0 fully saturated rings. The van der Waals surface area contributed by atoms with Gasteiger partial charge in [0.1, 0.15) is 49.4 Å². The van der Waals surface area contributed by atoms with Crippen LogP contribution in [0.5, 0.6) is 23.0 Å². The molecule has 3 unspecified atom stereocenters. The number of amides is 2. The van der Waals surface area contributed by atoms with Crippen molar-refractivity contribution in [1.82, 2.24) is 10.6 Å². The summed E-state index contributed by atoms with van der Waals surface area (Å²) in [4.78, 5) is 36.6. The first kappa shape index (κ1) is 52.6. The van der Waals surface area contributed by atoms with Gasteiger partial charge in [0.05, 0.1) is 39.1 Å². The second kappa shape index (κ2) is 32.8. The fourth-order valence-corrected chi connectivity index (χ4v) is 5.41. The molecule has 15 nitrogen and oxygen atoms in total. The van der Waals surface area contributed by atoms with Crippen LogP contribution >= 0.6 is 0 Å². The molecule has 0 saturated heterocycles. The number of nitrogens with one attached hydrogen (secondary N) is 2. The second-order valence-electron chi connectivity index (χ2n) is 14.9. The third-order valence-corrected chi connectivity index (χ3v) is 9.15. The van der Waals surface area contributed by atoms with E-state index < -0.39 is 30.4 Å². The predicted molar refractivity (Wildman–Crippen MR) is 243 cm³/mol. The van der Waals surface area contributed by atoms with Crippen LogP contribution in [-0.2, 0) is 33.2 Å². The van der Waals surface area contributed by atoms with E-state index in [0.29, 0.717) is 67.7 Å². The number of carbonyl (C=O) groups excluding carboxylic acids is 3. The summed E-state index contributed by atoms with van der Waals surface area (Å²) in [5.74, 6) is 2.15. The van der Waals surface area contributed by atoms with Crippen LogP contribution in [0.15, 0.2) is 109 Å². The molecule has 0 heterocycles. The third kappa shape index (κ3) is 25.4. The van der Waals surface area contributed by atoms with E-state index in [1.807, 2.05) is 74.5 Å². The van der Waals surface area contributed by atoms with Gasteiger partial charge in [-0.3, -0.25) is 0 Å². The highest BCUT2D eigenvalue weighted by atomic mass is 16.6. The van der Waals surface area contributed by atoms with Gasteiger partial charge in [0.25, 0.3) is 0 Å². The molecule has 0 aliphatic rings. The Morgan fingerprint density at radius 3 is 1.39 bits per heavy atom. The van der Waals surface area contributed by atoms with Gasteiger partial charge < -0.3 is 58.0 Å². The summed E-state index contributed by atoms with van der Waals surface area (Å²) in [5, 5.41) is 5.56. The predicted octanol–water partition coefficient (Wildman–Crippen LogP) is 8.27. The lowest BCUT2D eigenvalue weighted by Crippen LogP contribution is -2.35. The van der Waals surface area contributed by atoms with Crippen LogP contribution in [0.1, 0.15) is 59.3 Å². The standard InChI is InChI=1S/C49H68N2O13/c1-38(2)40(5)57-28-16-8-14-26-50-48(53)63-45(36-61-41-18-10-6-11-19-41)34-55-30-32-58-43-22-24-44(25-23-43)59-33-31-56-35-46(37-62-42-20-12-7-13-21-42)64-49(54)51-27-15-9-17-29-60-47(52)39(3)4/h6-7,10-13,18-25,40,45-46H,1,3,8-9,14-17,26-37H2,2,4-5H3,(H,50,53)(H,51,54). The zero-order valence-corrected chi connectivity index (χ0v) is 37.8. The molecule has 352 valence electrons. The molecule has 0 bridgehead atoms. The van der Waals surface area contributed by atoms with E-state index in [9.17, 15) is 14.4 Å². The van der Waals surface area contributed by atoms with Gasteiger partial charge in [-0.2, -0.15) is 0 Å². The molecule has 3 aromatic carbocycles. The lowest BCUT2D eigenvalue weighted by molar-refractivity contribution is -0.139. The van der Waals surface area contributed by atoms with Crippen molar-refractivity contribution < 1.29 is 61.8 Å². The number of carbonyl (C=O) groups is 3. The summed E-state index contributed by atoms with van der Waals surface area (Å²) in [6.07, 6.45) is 2.36. The Morgan fingerprint density at radius 1 is 0.516 bits per heavy atom. The number of para-hydroxylation sites is 2. The highest BCUT2D eigenvalue weighted by Gasteiger charge is 2.18.